The fourth-order valence-corrected chi connectivity index (χ4v) is 3.17. The molecule has 0 saturated carbocycles. The molecule has 2 aromatic rings. The van der Waals surface area contributed by atoms with Crippen LogP contribution >= 0.6 is 0 Å². The molecule has 156 valence electrons. The number of nitrogens with zero attached hydrogens (tertiary/aromatic N) is 3. The number of benzene rings is 1. The van der Waals surface area contributed by atoms with Gasteiger partial charge in [-0.1, -0.05) is 12.6 Å². The minimum atomic E-state index is -3.88. The summed E-state index contributed by atoms with van der Waals surface area (Å²) in [4.78, 5) is 15.1. The Balaban J connectivity index is 2.21. The van der Waals surface area contributed by atoms with E-state index in [0.29, 0.717) is 11.4 Å². The molecule has 30 heavy (non-hydrogen) atoms. The Bertz CT molecular complexity index is 1120. The molecule has 9 nitrogen and oxygen atoms in total. The molecule has 0 unspecified atom stereocenters. The maximum Gasteiger partial charge on any atom is 0.339 e. The number of aromatic carboxylic acids is 1. The zero-order valence-corrected chi connectivity index (χ0v) is 17.1. The van der Waals surface area contributed by atoms with Gasteiger partial charge in [0, 0.05) is 6.20 Å². The Kier molecular flexibility index (Phi) is 7.59. The van der Waals surface area contributed by atoms with Crippen LogP contribution in [-0.2, 0) is 10.0 Å². The van der Waals surface area contributed by atoms with Crippen molar-refractivity contribution in [3.8, 4) is 5.75 Å². The van der Waals surface area contributed by atoms with Gasteiger partial charge in [-0.15, -0.1) is 0 Å². The molecule has 2 N–H and O–H groups in total. The van der Waals surface area contributed by atoms with Crippen LogP contribution in [0.1, 0.15) is 17.3 Å². The maximum absolute atomic E-state index is 12.4. The first kappa shape index (κ1) is 22.5. The topological polar surface area (TPSA) is 130 Å². The van der Waals surface area contributed by atoms with Gasteiger partial charge in [-0.25, -0.2) is 18.2 Å². The van der Waals surface area contributed by atoms with E-state index in [9.17, 15) is 18.3 Å². The van der Waals surface area contributed by atoms with E-state index in [-0.39, 0.29) is 22.0 Å². The molecule has 0 aliphatic rings. The van der Waals surface area contributed by atoms with Gasteiger partial charge in [-0.05, 0) is 55.5 Å². The number of aromatic nitrogens is 1. The monoisotopic (exact) mass is 428 g/mol. The van der Waals surface area contributed by atoms with Crippen molar-refractivity contribution in [3.63, 3.8) is 0 Å². The summed E-state index contributed by atoms with van der Waals surface area (Å²) in [6, 6.07) is 9.19. The first-order valence-corrected chi connectivity index (χ1v) is 10.0. The number of rotatable bonds is 9. The van der Waals surface area contributed by atoms with Gasteiger partial charge in [-0.3, -0.25) is 4.72 Å². The number of nitrogens with one attached hydrogen (secondary N) is 1. The van der Waals surface area contributed by atoms with Gasteiger partial charge in [0.25, 0.3) is 10.0 Å². The summed E-state index contributed by atoms with van der Waals surface area (Å²) in [5, 5.41) is 17.1. The smallest absolute Gasteiger partial charge is 0.339 e. The lowest BCUT2D eigenvalue weighted by Crippen LogP contribution is -2.14. The molecular formula is C20H20N4O5S. The van der Waals surface area contributed by atoms with Crippen LogP contribution in [0.2, 0.25) is 0 Å². The second-order valence-corrected chi connectivity index (χ2v) is 7.47. The summed E-state index contributed by atoms with van der Waals surface area (Å²) in [5.41, 5.74) is 0.643. The molecule has 0 amide bonds. The third kappa shape index (κ3) is 6.11. The standard InChI is InChI=1S/C20H20N4O5S/c1-4-16(30(27,28)24-19-7-5-6-12-21-19)10-8-14(2)22-23-15-9-11-18(29-3)17(13-15)20(25)26/h4-13H,1H2,2-3H3,(H,21,24)(H,25,26)/b14-8+,16-10+,23-22?. The van der Waals surface area contributed by atoms with E-state index in [2.05, 4.69) is 26.5 Å². The van der Waals surface area contributed by atoms with Crippen molar-refractivity contribution in [2.45, 2.75) is 6.92 Å². The highest BCUT2D eigenvalue weighted by Crippen LogP contribution is 2.25. The van der Waals surface area contributed by atoms with Gasteiger partial charge in [0.2, 0.25) is 0 Å². The Morgan fingerprint density at radius 2 is 2.03 bits per heavy atom. The second kappa shape index (κ2) is 10.1. The number of carbonyl (C=O) groups is 1. The van der Waals surface area contributed by atoms with Crippen molar-refractivity contribution in [2.24, 2.45) is 10.2 Å². The fourth-order valence-electron chi connectivity index (χ4n) is 2.19. The average molecular weight is 428 g/mol. The molecule has 0 spiro atoms. The molecule has 1 heterocycles. The van der Waals surface area contributed by atoms with Crippen LogP contribution in [0.15, 0.2) is 88.2 Å². The molecular weight excluding hydrogens is 408 g/mol. The van der Waals surface area contributed by atoms with Crippen molar-refractivity contribution in [1.82, 2.24) is 4.98 Å². The maximum atomic E-state index is 12.4. The molecule has 10 heteroatoms. The quantitative estimate of drug-likeness (QED) is 0.453. The number of pyridine rings is 1. The lowest BCUT2D eigenvalue weighted by Gasteiger charge is -2.07. The lowest BCUT2D eigenvalue weighted by molar-refractivity contribution is 0.0693. The number of sulfonamides is 1. The van der Waals surface area contributed by atoms with Crippen LogP contribution in [0.3, 0.4) is 0 Å². The number of methoxy groups -OCH3 is 1. The highest BCUT2D eigenvalue weighted by molar-refractivity contribution is 7.96. The lowest BCUT2D eigenvalue weighted by atomic mass is 10.2. The zero-order valence-electron chi connectivity index (χ0n) is 16.3. The van der Waals surface area contributed by atoms with Crippen LogP contribution in [0.5, 0.6) is 5.75 Å². The van der Waals surface area contributed by atoms with E-state index in [4.69, 9.17) is 4.74 Å². The third-order valence-electron chi connectivity index (χ3n) is 3.64. The summed E-state index contributed by atoms with van der Waals surface area (Å²) in [6.07, 6.45) is 5.42. The summed E-state index contributed by atoms with van der Waals surface area (Å²) in [5.74, 6) is -0.766. The molecule has 0 fully saturated rings. The van der Waals surface area contributed by atoms with E-state index in [1.165, 1.54) is 49.7 Å². The summed E-state index contributed by atoms with van der Waals surface area (Å²) < 4.78 is 32.2. The minimum absolute atomic E-state index is 0.0453. The number of allylic oxidation sites excluding steroid dienone is 4. The van der Waals surface area contributed by atoms with E-state index in [1.807, 2.05) is 0 Å². The Hall–Kier alpha value is -3.79. The Labute approximate surface area is 174 Å². The number of ether oxygens (including phenoxy) is 1. The van der Waals surface area contributed by atoms with Crippen molar-refractivity contribution in [3.05, 3.63) is 83.6 Å². The second-order valence-electron chi connectivity index (χ2n) is 5.79. The van der Waals surface area contributed by atoms with Crippen LogP contribution in [0, 0.1) is 0 Å². The highest BCUT2D eigenvalue weighted by Gasteiger charge is 2.15. The normalized spacial score (nSPS) is 12.6. The number of hydrogen-bond acceptors (Lipinski definition) is 7. The molecule has 0 aliphatic heterocycles. The largest absolute Gasteiger partial charge is 0.496 e. The van der Waals surface area contributed by atoms with Gasteiger partial charge >= 0.3 is 5.97 Å². The van der Waals surface area contributed by atoms with Gasteiger partial charge in [0.05, 0.1) is 23.4 Å². The van der Waals surface area contributed by atoms with E-state index >= 15 is 0 Å². The summed E-state index contributed by atoms with van der Waals surface area (Å²) in [6.45, 7) is 5.14. The van der Waals surface area contributed by atoms with Gasteiger partial charge in [0.1, 0.15) is 17.1 Å². The van der Waals surface area contributed by atoms with Gasteiger partial charge in [-0.2, -0.15) is 10.2 Å². The van der Waals surface area contributed by atoms with E-state index < -0.39 is 16.0 Å². The summed E-state index contributed by atoms with van der Waals surface area (Å²) >= 11 is 0. The molecule has 0 atom stereocenters. The molecule has 0 radical (unpaired) electrons. The number of azo groups is 1. The van der Waals surface area contributed by atoms with Crippen LogP contribution in [0.25, 0.3) is 0 Å². The predicted molar refractivity (Wildman–Crippen MR) is 113 cm³/mol. The van der Waals surface area contributed by atoms with E-state index in [0.717, 1.165) is 0 Å². The third-order valence-corrected chi connectivity index (χ3v) is 5.04. The number of hydrogen-bond donors (Lipinski definition) is 2. The van der Waals surface area contributed by atoms with Crippen molar-refractivity contribution >= 4 is 27.5 Å². The van der Waals surface area contributed by atoms with Crippen LogP contribution < -0.4 is 9.46 Å². The van der Waals surface area contributed by atoms with Crippen LogP contribution in [-0.4, -0.2) is 31.6 Å². The molecule has 0 bridgehead atoms. The molecule has 1 aromatic heterocycles. The average Bonchev–Trinajstić information content (AvgIpc) is 2.72. The number of carboxylic acid groups (broad SMARTS) is 1. The summed E-state index contributed by atoms with van der Waals surface area (Å²) in [7, 11) is -2.51. The first-order valence-electron chi connectivity index (χ1n) is 8.55. The molecule has 0 saturated heterocycles. The molecule has 0 aliphatic carbocycles. The highest BCUT2D eigenvalue weighted by atomic mass is 32.2. The fraction of sp³-hybridized carbons (Fsp3) is 0.100. The van der Waals surface area contributed by atoms with Crippen LogP contribution in [0.4, 0.5) is 11.5 Å². The molecule has 2 rings (SSSR count). The van der Waals surface area contributed by atoms with Crippen molar-refractivity contribution < 1.29 is 23.1 Å². The van der Waals surface area contributed by atoms with Crippen molar-refractivity contribution in [2.75, 3.05) is 11.8 Å². The number of carboxylic acids is 1. The minimum Gasteiger partial charge on any atom is -0.496 e. The Morgan fingerprint density at radius 1 is 1.27 bits per heavy atom. The van der Waals surface area contributed by atoms with Gasteiger partial charge in [0.15, 0.2) is 0 Å². The first-order chi connectivity index (χ1) is 14.3. The van der Waals surface area contributed by atoms with Gasteiger partial charge < -0.3 is 9.84 Å². The van der Waals surface area contributed by atoms with Crippen molar-refractivity contribution in [1.29, 1.82) is 0 Å². The van der Waals surface area contributed by atoms with E-state index in [1.54, 1.807) is 25.1 Å². The predicted octanol–water partition coefficient (Wildman–Crippen LogP) is 4.29. The zero-order chi connectivity index (χ0) is 22.1. The molecule has 1 aromatic carbocycles. The number of anilines is 1. The Morgan fingerprint density at radius 3 is 2.63 bits per heavy atom. The SMILES string of the molecule is C=C/C(=C\C=C(/C)N=Nc1ccc(OC)c(C(=O)O)c1)S(=O)(=O)Nc1ccccn1.